The summed E-state index contributed by atoms with van der Waals surface area (Å²) in [5.41, 5.74) is 6.82. The molecular weight excluding hydrogens is 356 g/mol. The van der Waals surface area contributed by atoms with E-state index in [4.69, 9.17) is 0 Å². The number of carboxylic acid groups (broad SMARTS) is 2. The Labute approximate surface area is 103 Å². The number of aliphatic carboxylic acids is 2. The third-order valence-corrected chi connectivity index (χ3v) is 10.4. The molecule has 0 aromatic heterocycles. The van der Waals surface area contributed by atoms with E-state index in [9.17, 15) is 19.8 Å². The summed E-state index contributed by atoms with van der Waals surface area (Å²) in [6, 6.07) is -1.39. The summed E-state index contributed by atoms with van der Waals surface area (Å²) in [7, 11) is 3.02. The minimum absolute atomic E-state index is 0.421. The second-order valence-corrected chi connectivity index (χ2v) is 11.9. The number of rotatable bonds is 8. The Morgan fingerprint density at radius 3 is 1.67 bits per heavy atom. The molecule has 0 fully saturated rings. The van der Waals surface area contributed by atoms with E-state index in [1.54, 1.807) is 0 Å². The molecule has 6 N–H and O–H groups in total. The number of hydrogen-bond donors (Lipinski definition) is 2. The van der Waals surface area contributed by atoms with Gasteiger partial charge in [-0.25, -0.2) is 0 Å². The van der Waals surface area contributed by atoms with E-state index in [-0.39, 0.29) is 0 Å². The molecule has 6 nitrogen and oxygen atoms in total. The second kappa shape index (κ2) is 8.50. The van der Waals surface area contributed by atoms with E-state index >= 15 is 0 Å². The molecule has 0 saturated heterocycles. The van der Waals surface area contributed by atoms with Gasteiger partial charge in [-0.1, -0.05) is 0 Å². The molecule has 0 aliphatic rings. The van der Waals surface area contributed by atoms with Crippen molar-refractivity contribution in [3.63, 3.8) is 0 Å². The summed E-state index contributed by atoms with van der Waals surface area (Å²) in [6.45, 7) is 0. The molecule has 0 aliphatic carbocycles. The number of quaternary nitrogens is 2. The van der Waals surface area contributed by atoms with Gasteiger partial charge in [0.1, 0.15) is 0 Å². The van der Waals surface area contributed by atoms with Crippen molar-refractivity contribution in [3.8, 4) is 0 Å². The minimum atomic E-state index is -1.15. The van der Waals surface area contributed by atoms with Crippen LogP contribution < -0.4 is 21.7 Å². The van der Waals surface area contributed by atoms with E-state index in [0.717, 1.165) is 0 Å². The predicted octanol–water partition coefficient (Wildman–Crippen LogP) is -5.29. The van der Waals surface area contributed by atoms with Crippen LogP contribution >= 0.6 is 18.0 Å². The van der Waals surface area contributed by atoms with Crippen molar-refractivity contribution in [2.75, 3.05) is 11.5 Å². The zero-order valence-corrected chi connectivity index (χ0v) is 11.8. The molecule has 0 bridgehead atoms. The van der Waals surface area contributed by atoms with Crippen LogP contribution in [0.5, 0.6) is 0 Å². The van der Waals surface area contributed by atoms with E-state index in [0.29, 0.717) is 11.5 Å². The van der Waals surface area contributed by atoms with Crippen LogP contribution in [0, 0.1) is 0 Å². The Hall–Kier alpha value is 0.350. The first-order valence-corrected chi connectivity index (χ1v) is 11.5. The summed E-state index contributed by atoms with van der Waals surface area (Å²) in [5, 5.41) is 20.6. The molecule has 0 amide bonds. The predicted molar refractivity (Wildman–Crippen MR) is 54.0 cm³/mol. The van der Waals surface area contributed by atoms with Crippen molar-refractivity contribution in [1.29, 1.82) is 0 Å². The first kappa shape index (κ1) is 15.3. The van der Waals surface area contributed by atoms with Gasteiger partial charge in [0.2, 0.25) is 0 Å². The van der Waals surface area contributed by atoms with Crippen LogP contribution in [0.2, 0.25) is 0 Å². The van der Waals surface area contributed by atoms with Crippen molar-refractivity contribution >= 4 is 48.1 Å². The molecular formula is C6H12N2O4S2Te. The van der Waals surface area contributed by atoms with Crippen LogP contribution in [-0.4, -0.2) is 53.7 Å². The summed E-state index contributed by atoms with van der Waals surface area (Å²) in [5.74, 6) is -1.45. The zero-order valence-electron chi connectivity index (χ0n) is 7.84. The van der Waals surface area contributed by atoms with Gasteiger partial charge >= 0.3 is 103 Å². The van der Waals surface area contributed by atoms with Crippen LogP contribution in [0.3, 0.4) is 0 Å². The topological polar surface area (TPSA) is 136 Å². The van der Waals surface area contributed by atoms with Crippen LogP contribution in [0.1, 0.15) is 0 Å². The monoisotopic (exact) mass is 370 g/mol. The normalized spacial score (nSPS) is 14.5. The Kier molecular flexibility index (Phi) is 8.69. The molecule has 15 heavy (non-hydrogen) atoms. The summed E-state index contributed by atoms with van der Waals surface area (Å²) < 4.78 is 0. The van der Waals surface area contributed by atoms with Crippen molar-refractivity contribution in [3.05, 3.63) is 0 Å². The van der Waals surface area contributed by atoms with Crippen molar-refractivity contribution in [2.24, 2.45) is 0 Å². The number of carbonyl (C=O) groups is 2. The maximum atomic E-state index is 10.3. The van der Waals surface area contributed by atoms with Crippen molar-refractivity contribution < 1.29 is 31.3 Å². The quantitative estimate of drug-likeness (QED) is 0.325. The Morgan fingerprint density at radius 1 is 1.07 bits per heavy atom. The van der Waals surface area contributed by atoms with Crippen molar-refractivity contribution in [2.45, 2.75) is 12.1 Å². The molecule has 0 aliphatic heterocycles. The molecule has 0 saturated carbocycles. The molecule has 2 atom stereocenters. The van der Waals surface area contributed by atoms with Crippen LogP contribution in [0.4, 0.5) is 0 Å². The fourth-order valence-electron chi connectivity index (χ4n) is 0.390. The Bertz CT molecular complexity index is 209. The van der Waals surface area contributed by atoms with Crippen LogP contribution in [0.15, 0.2) is 0 Å². The maximum absolute atomic E-state index is 10.3. The molecule has 0 aromatic carbocycles. The van der Waals surface area contributed by atoms with E-state index < -0.39 is 42.2 Å². The zero-order chi connectivity index (χ0) is 11.8. The molecule has 0 unspecified atom stereocenters. The van der Waals surface area contributed by atoms with Gasteiger partial charge in [0, 0.05) is 0 Å². The number of carbonyl (C=O) groups excluding carboxylic acids is 2. The van der Waals surface area contributed by atoms with Crippen molar-refractivity contribution in [1.82, 2.24) is 0 Å². The first-order valence-electron chi connectivity index (χ1n) is 3.94. The molecule has 88 valence electrons. The molecule has 0 rings (SSSR count). The van der Waals surface area contributed by atoms with Gasteiger partial charge in [-0.2, -0.15) is 0 Å². The third kappa shape index (κ3) is 8.19. The molecule has 0 spiro atoms. The van der Waals surface area contributed by atoms with Gasteiger partial charge in [-0.05, 0) is 0 Å². The molecule has 0 heterocycles. The average Bonchev–Trinajstić information content (AvgIpc) is 2.16. The fraction of sp³-hybridized carbons (Fsp3) is 0.667. The van der Waals surface area contributed by atoms with E-state index in [1.807, 2.05) is 0 Å². The molecule has 0 radical (unpaired) electrons. The average molecular weight is 368 g/mol. The molecule has 9 heteroatoms. The Morgan fingerprint density at radius 2 is 1.40 bits per heavy atom. The standard InChI is InChI=1S/C6H12N2O4S2Te/c7-3(5(9)10)1-13-15-14-2-4(8)6(11)12/h3-4H,1-2,7-8H2,(H,9,10)(H,11,12)/t3-,4-/m0/s1. The van der Waals surface area contributed by atoms with Gasteiger partial charge in [-0.3, -0.25) is 0 Å². The number of carboxylic acids is 2. The summed E-state index contributed by atoms with van der Waals surface area (Å²) in [6.07, 6.45) is 0. The van der Waals surface area contributed by atoms with Gasteiger partial charge in [-0.15, -0.1) is 0 Å². The molecule has 0 aromatic rings. The summed E-state index contributed by atoms with van der Waals surface area (Å²) in [4.78, 5) is 20.6. The van der Waals surface area contributed by atoms with Crippen LogP contribution in [-0.2, 0) is 9.59 Å². The van der Waals surface area contributed by atoms with Gasteiger partial charge in [0.15, 0.2) is 0 Å². The van der Waals surface area contributed by atoms with Gasteiger partial charge in [0.25, 0.3) is 0 Å². The third-order valence-electron chi connectivity index (χ3n) is 1.30. The van der Waals surface area contributed by atoms with E-state index in [1.165, 1.54) is 18.0 Å². The van der Waals surface area contributed by atoms with Crippen LogP contribution in [0.25, 0.3) is 0 Å². The SMILES string of the molecule is [NH3+][C@@H](CS[Te]SC[C@H]([NH3+])C(=O)[O-])C(=O)[O-]. The first-order chi connectivity index (χ1) is 6.95. The second-order valence-electron chi connectivity index (χ2n) is 2.67. The van der Waals surface area contributed by atoms with E-state index in [2.05, 4.69) is 11.5 Å². The van der Waals surface area contributed by atoms with Gasteiger partial charge < -0.3 is 0 Å². The van der Waals surface area contributed by atoms with Gasteiger partial charge in [0.05, 0.1) is 0 Å². The Balaban J connectivity index is 3.40. The number of hydrogen-bond acceptors (Lipinski definition) is 6. The fourth-order valence-corrected chi connectivity index (χ4v) is 9.12. The summed E-state index contributed by atoms with van der Waals surface area (Å²) >= 11 is -0.492.